The van der Waals surface area contributed by atoms with E-state index in [0.29, 0.717) is 6.04 Å². The molecule has 1 aromatic rings. The first-order chi connectivity index (χ1) is 8.99. The van der Waals surface area contributed by atoms with Crippen molar-refractivity contribution < 1.29 is 5.11 Å². The number of benzene rings is 1. The third-order valence-corrected chi connectivity index (χ3v) is 4.72. The fourth-order valence-corrected chi connectivity index (χ4v) is 3.42. The quantitative estimate of drug-likeness (QED) is 0.921. The van der Waals surface area contributed by atoms with Crippen LogP contribution in [0.15, 0.2) is 22.7 Å². The topological polar surface area (TPSA) is 26.7 Å². The van der Waals surface area contributed by atoms with E-state index in [2.05, 4.69) is 52.0 Å². The maximum Gasteiger partial charge on any atom is 0.0772 e. The number of likely N-dealkylation sites (N-methyl/N-ethyl adjacent to an activating group) is 2. The lowest BCUT2D eigenvalue weighted by atomic mass is 10.1. The van der Waals surface area contributed by atoms with Crippen molar-refractivity contribution >= 4 is 21.6 Å². The van der Waals surface area contributed by atoms with Crippen molar-refractivity contribution in [2.24, 2.45) is 0 Å². The first-order valence-electron chi connectivity index (χ1n) is 6.88. The van der Waals surface area contributed by atoms with E-state index in [1.54, 1.807) is 6.92 Å². The lowest BCUT2D eigenvalue weighted by molar-refractivity contribution is 0.198. The Labute approximate surface area is 124 Å². The highest BCUT2D eigenvalue weighted by atomic mass is 79.9. The summed E-state index contributed by atoms with van der Waals surface area (Å²) in [5.41, 5.74) is 2.13. The highest BCUT2D eigenvalue weighted by Crippen LogP contribution is 2.28. The van der Waals surface area contributed by atoms with E-state index in [-0.39, 0.29) is 0 Å². The minimum absolute atomic E-state index is 0.435. The number of aliphatic hydroxyl groups excluding tert-OH is 1. The second-order valence-electron chi connectivity index (χ2n) is 5.54. The second-order valence-corrected chi connectivity index (χ2v) is 6.39. The molecule has 0 amide bonds. The van der Waals surface area contributed by atoms with Gasteiger partial charge in [-0.1, -0.05) is 22.0 Å². The number of hydrogen-bond acceptors (Lipinski definition) is 3. The van der Waals surface area contributed by atoms with Gasteiger partial charge in [0.1, 0.15) is 0 Å². The van der Waals surface area contributed by atoms with Crippen LogP contribution in [-0.4, -0.2) is 43.2 Å². The summed E-state index contributed by atoms with van der Waals surface area (Å²) >= 11 is 3.54. The van der Waals surface area contributed by atoms with Crippen molar-refractivity contribution in [1.82, 2.24) is 4.90 Å². The monoisotopic (exact) mass is 326 g/mol. The Balaban J connectivity index is 2.07. The van der Waals surface area contributed by atoms with Gasteiger partial charge in [-0.3, -0.25) is 0 Å². The minimum atomic E-state index is -0.435. The number of hydrogen-bond donors (Lipinski definition) is 1. The molecule has 4 heteroatoms. The molecule has 0 spiro atoms. The van der Waals surface area contributed by atoms with E-state index in [1.165, 1.54) is 25.1 Å². The average molecular weight is 327 g/mol. The van der Waals surface area contributed by atoms with E-state index in [9.17, 15) is 5.11 Å². The summed E-state index contributed by atoms with van der Waals surface area (Å²) in [7, 11) is 4.34. The van der Waals surface area contributed by atoms with Crippen LogP contribution in [-0.2, 0) is 0 Å². The van der Waals surface area contributed by atoms with Crippen LogP contribution in [0.1, 0.15) is 31.4 Å². The van der Waals surface area contributed by atoms with Gasteiger partial charge >= 0.3 is 0 Å². The average Bonchev–Trinajstić information content (AvgIpc) is 2.74. The van der Waals surface area contributed by atoms with Gasteiger partial charge in [0.25, 0.3) is 0 Å². The van der Waals surface area contributed by atoms with Gasteiger partial charge in [0.05, 0.1) is 6.10 Å². The molecule has 1 fully saturated rings. The lowest BCUT2D eigenvalue weighted by Gasteiger charge is -2.27. The molecule has 2 atom stereocenters. The van der Waals surface area contributed by atoms with Gasteiger partial charge in [-0.25, -0.2) is 0 Å². The van der Waals surface area contributed by atoms with Crippen LogP contribution in [0.4, 0.5) is 5.69 Å². The van der Waals surface area contributed by atoms with E-state index in [0.717, 1.165) is 16.6 Å². The third-order valence-electron chi connectivity index (χ3n) is 4.03. The number of likely N-dealkylation sites (tertiary alicyclic amines) is 1. The smallest absolute Gasteiger partial charge is 0.0772 e. The normalized spacial score (nSPS) is 21.6. The minimum Gasteiger partial charge on any atom is -0.389 e. The molecule has 1 aliphatic heterocycles. The van der Waals surface area contributed by atoms with Crippen molar-refractivity contribution in [3.8, 4) is 0 Å². The molecule has 0 saturated carbocycles. The summed E-state index contributed by atoms with van der Waals surface area (Å²) in [4.78, 5) is 4.73. The zero-order chi connectivity index (χ0) is 14.0. The molecular formula is C15H23BrN2O. The van der Waals surface area contributed by atoms with Crippen LogP contribution < -0.4 is 4.90 Å². The van der Waals surface area contributed by atoms with Crippen molar-refractivity contribution in [3.05, 3.63) is 28.2 Å². The predicted molar refractivity (Wildman–Crippen MR) is 83.7 cm³/mol. The Morgan fingerprint density at radius 1 is 1.53 bits per heavy atom. The summed E-state index contributed by atoms with van der Waals surface area (Å²) in [6.07, 6.45) is 2.16. The predicted octanol–water partition coefficient (Wildman–Crippen LogP) is 3.03. The Morgan fingerprint density at radius 2 is 2.26 bits per heavy atom. The molecule has 1 saturated heterocycles. The summed E-state index contributed by atoms with van der Waals surface area (Å²) < 4.78 is 0.978. The van der Waals surface area contributed by atoms with Crippen LogP contribution in [0.3, 0.4) is 0 Å². The van der Waals surface area contributed by atoms with Crippen molar-refractivity contribution in [2.45, 2.75) is 31.9 Å². The molecule has 3 nitrogen and oxygen atoms in total. The maximum atomic E-state index is 9.65. The molecular weight excluding hydrogens is 304 g/mol. The first kappa shape index (κ1) is 14.8. The van der Waals surface area contributed by atoms with Crippen LogP contribution in [0.5, 0.6) is 0 Å². The highest BCUT2D eigenvalue weighted by Gasteiger charge is 2.22. The molecule has 1 unspecified atom stereocenters. The molecule has 0 aromatic heterocycles. The Morgan fingerprint density at radius 3 is 2.79 bits per heavy atom. The molecule has 2 rings (SSSR count). The van der Waals surface area contributed by atoms with Gasteiger partial charge in [0, 0.05) is 29.8 Å². The SMILES string of the molecule is C[C@H](O)c1ccc(N(C)CC2CCCN2C)cc1Br. The molecule has 19 heavy (non-hydrogen) atoms. The van der Waals surface area contributed by atoms with Crippen molar-refractivity contribution in [2.75, 3.05) is 32.1 Å². The van der Waals surface area contributed by atoms with Crippen LogP contribution in [0, 0.1) is 0 Å². The van der Waals surface area contributed by atoms with Crippen LogP contribution in [0.2, 0.25) is 0 Å². The van der Waals surface area contributed by atoms with E-state index >= 15 is 0 Å². The first-order valence-corrected chi connectivity index (χ1v) is 7.67. The fourth-order valence-electron chi connectivity index (χ4n) is 2.72. The standard InChI is InChI=1S/C15H23BrN2O/c1-11(19)14-7-6-12(9-15(14)16)18(3)10-13-5-4-8-17(13)2/h6-7,9,11,13,19H,4-5,8,10H2,1-3H3/t11-,13?/m0/s1. The largest absolute Gasteiger partial charge is 0.389 e. The van der Waals surface area contributed by atoms with Crippen molar-refractivity contribution in [1.29, 1.82) is 0 Å². The molecule has 0 radical (unpaired) electrons. The van der Waals surface area contributed by atoms with Gasteiger partial charge in [0.2, 0.25) is 0 Å². The Kier molecular flexibility index (Phi) is 4.87. The number of halogens is 1. The fraction of sp³-hybridized carbons (Fsp3) is 0.600. The highest BCUT2D eigenvalue weighted by molar-refractivity contribution is 9.10. The number of rotatable bonds is 4. The molecule has 1 heterocycles. The van der Waals surface area contributed by atoms with Gasteiger partial charge in [-0.15, -0.1) is 0 Å². The Hall–Kier alpha value is -0.580. The van der Waals surface area contributed by atoms with Gasteiger partial charge in [-0.2, -0.15) is 0 Å². The molecule has 106 valence electrons. The number of aliphatic hydroxyl groups is 1. The second kappa shape index (κ2) is 6.25. The maximum absolute atomic E-state index is 9.65. The van der Waals surface area contributed by atoms with E-state index in [1.807, 2.05) is 6.07 Å². The molecule has 1 N–H and O–H groups in total. The third kappa shape index (κ3) is 3.50. The van der Waals surface area contributed by atoms with Gasteiger partial charge in [0.15, 0.2) is 0 Å². The van der Waals surface area contributed by atoms with Crippen molar-refractivity contribution in [3.63, 3.8) is 0 Å². The molecule has 0 bridgehead atoms. The summed E-state index contributed by atoms with van der Waals surface area (Å²) in [5, 5.41) is 9.65. The van der Waals surface area contributed by atoms with Crippen LogP contribution in [0.25, 0.3) is 0 Å². The summed E-state index contributed by atoms with van der Waals surface area (Å²) in [6.45, 7) is 4.05. The number of anilines is 1. The van der Waals surface area contributed by atoms with Crippen LogP contribution >= 0.6 is 15.9 Å². The van der Waals surface area contributed by atoms with Gasteiger partial charge in [-0.05, 0) is 51.1 Å². The summed E-state index contributed by atoms with van der Waals surface area (Å²) in [6, 6.07) is 6.83. The van der Waals surface area contributed by atoms with Gasteiger partial charge < -0.3 is 14.9 Å². The lowest BCUT2D eigenvalue weighted by Crippen LogP contribution is -2.36. The molecule has 0 aliphatic carbocycles. The molecule has 1 aromatic carbocycles. The zero-order valence-corrected chi connectivity index (χ0v) is 13.5. The van der Waals surface area contributed by atoms with E-state index in [4.69, 9.17) is 0 Å². The summed E-state index contributed by atoms with van der Waals surface area (Å²) in [5.74, 6) is 0. The Bertz CT molecular complexity index is 436. The van der Waals surface area contributed by atoms with E-state index < -0.39 is 6.10 Å². The zero-order valence-electron chi connectivity index (χ0n) is 11.9. The molecule has 1 aliphatic rings. The number of nitrogens with zero attached hydrogens (tertiary/aromatic N) is 2.